The van der Waals surface area contributed by atoms with E-state index < -0.39 is 0 Å². The van der Waals surface area contributed by atoms with Crippen molar-refractivity contribution in [2.45, 2.75) is 63.8 Å². The number of rotatable bonds is 6. The first-order chi connectivity index (χ1) is 8.33. The maximum absolute atomic E-state index is 6.34. The minimum Gasteiger partial charge on any atom is -0.327 e. The molecule has 2 atom stereocenters. The Hall–Kier alpha value is -0.890. The maximum Gasteiger partial charge on any atom is 0.0482 e. The molecule has 2 N–H and O–H groups in total. The van der Waals surface area contributed by atoms with Crippen molar-refractivity contribution in [1.29, 1.82) is 0 Å². The zero-order valence-electron chi connectivity index (χ0n) is 10.9. The molecule has 2 rings (SSSR count). The Balaban J connectivity index is 1.87. The van der Waals surface area contributed by atoms with Gasteiger partial charge in [-0.05, 0) is 30.9 Å². The van der Waals surface area contributed by atoms with Crippen molar-refractivity contribution >= 4 is 0 Å². The fourth-order valence-electron chi connectivity index (χ4n) is 2.87. The normalized spacial score (nSPS) is 20.2. The van der Waals surface area contributed by atoms with Gasteiger partial charge in [0, 0.05) is 23.9 Å². The smallest absolute Gasteiger partial charge is 0.0482 e. The number of nitrogens with two attached hydrogens (primary N) is 1. The number of aryl methyl sites for hydroxylation is 1. The molecule has 2 unspecified atom stereocenters. The highest BCUT2D eigenvalue weighted by molar-refractivity contribution is 5.29. The first-order valence-electron chi connectivity index (χ1n) is 7.02. The molecule has 1 heterocycles. The number of unbranched alkanes of at least 4 members (excludes halogenated alkanes) is 3. The van der Waals surface area contributed by atoms with Crippen LogP contribution < -0.4 is 5.73 Å². The van der Waals surface area contributed by atoms with Crippen LogP contribution in [0.5, 0.6) is 0 Å². The van der Waals surface area contributed by atoms with Crippen LogP contribution in [-0.2, 0) is 6.42 Å². The average Bonchev–Trinajstić information content (AvgIpc) is 2.78. The topological polar surface area (TPSA) is 38.9 Å². The minimum atomic E-state index is 0.308. The third-order valence-corrected chi connectivity index (χ3v) is 3.91. The van der Waals surface area contributed by atoms with Crippen LogP contribution in [0.3, 0.4) is 0 Å². The summed E-state index contributed by atoms with van der Waals surface area (Å²) in [5, 5.41) is 0. The van der Waals surface area contributed by atoms with Gasteiger partial charge in [-0.15, -0.1) is 0 Å². The molecule has 17 heavy (non-hydrogen) atoms. The van der Waals surface area contributed by atoms with E-state index in [0.717, 1.165) is 12.8 Å². The standard InChI is InChI=1S/C15H24N2/c1-2-3-4-5-8-14(16)13-10-9-12-7-6-11-17-15(12)13/h6-7,11,13-14H,2-5,8-10,16H2,1H3. The lowest BCUT2D eigenvalue weighted by molar-refractivity contribution is 0.464. The largest absolute Gasteiger partial charge is 0.327 e. The Labute approximate surface area is 105 Å². The first-order valence-corrected chi connectivity index (χ1v) is 7.02. The molecule has 1 aliphatic carbocycles. The van der Waals surface area contributed by atoms with Crippen LogP contribution in [0.2, 0.25) is 0 Å². The third-order valence-electron chi connectivity index (χ3n) is 3.91. The zero-order valence-corrected chi connectivity index (χ0v) is 10.9. The van der Waals surface area contributed by atoms with Gasteiger partial charge in [0.15, 0.2) is 0 Å². The molecule has 1 aliphatic rings. The highest BCUT2D eigenvalue weighted by Gasteiger charge is 2.28. The molecule has 0 bridgehead atoms. The highest BCUT2D eigenvalue weighted by Crippen LogP contribution is 2.34. The summed E-state index contributed by atoms with van der Waals surface area (Å²) >= 11 is 0. The van der Waals surface area contributed by atoms with E-state index in [9.17, 15) is 0 Å². The van der Waals surface area contributed by atoms with Crippen molar-refractivity contribution in [3.63, 3.8) is 0 Å². The molecule has 2 heteroatoms. The van der Waals surface area contributed by atoms with Crippen molar-refractivity contribution in [2.24, 2.45) is 5.73 Å². The molecule has 0 radical (unpaired) electrons. The lowest BCUT2D eigenvalue weighted by atomic mass is 9.93. The van der Waals surface area contributed by atoms with Crippen LogP contribution in [0.1, 0.15) is 62.6 Å². The fourth-order valence-corrected chi connectivity index (χ4v) is 2.87. The molecule has 1 aromatic rings. The van der Waals surface area contributed by atoms with E-state index in [1.807, 2.05) is 12.3 Å². The van der Waals surface area contributed by atoms with Gasteiger partial charge in [0.05, 0.1) is 0 Å². The highest BCUT2D eigenvalue weighted by atomic mass is 14.7. The molecule has 0 spiro atoms. The molecule has 0 aromatic carbocycles. The van der Waals surface area contributed by atoms with Crippen LogP contribution in [0.4, 0.5) is 0 Å². The summed E-state index contributed by atoms with van der Waals surface area (Å²) in [7, 11) is 0. The van der Waals surface area contributed by atoms with Crippen molar-refractivity contribution < 1.29 is 0 Å². The summed E-state index contributed by atoms with van der Waals surface area (Å²) < 4.78 is 0. The van der Waals surface area contributed by atoms with E-state index in [1.54, 1.807) is 0 Å². The Bertz CT molecular complexity index is 349. The second kappa shape index (κ2) is 6.15. The molecule has 0 aliphatic heterocycles. The lowest BCUT2D eigenvalue weighted by Gasteiger charge is -2.19. The number of pyridine rings is 1. The predicted octanol–water partition coefficient (Wildman–Crippen LogP) is 3.41. The average molecular weight is 232 g/mol. The number of nitrogens with zero attached hydrogens (tertiary/aromatic N) is 1. The van der Waals surface area contributed by atoms with Gasteiger partial charge in [-0.25, -0.2) is 0 Å². The van der Waals surface area contributed by atoms with Crippen LogP contribution in [0.25, 0.3) is 0 Å². The molecule has 0 amide bonds. The Morgan fingerprint density at radius 2 is 2.29 bits per heavy atom. The second-order valence-electron chi connectivity index (χ2n) is 5.21. The third kappa shape index (κ3) is 3.06. The number of hydrogen-bond acceptors (Lipinski definition) is 2. The zero-order chi connectivity index (χ0) is 12.1. The van der Waals surface area contributed by atoms with E-state index in [4.69, 9.17) is 5.73 Å². The van der Waals surface area contributed by atoms with Crippen molar-refractivity contribution in [1.82, 2.24) is 4.98 Å². The van der Waals surface area contributed by atoms with Crippen LogP contribution in [0, 0.1) is 0 Å². The van der Waals surface area contributed by atoms with E-state index in [0.29, 0.717) is 12.0 Å². The molecule has 94 valence electrons. The monoisotopic (exact) mass is 232 g/mol. The summed E-state index contributed by atoms with van der Waals surface area (Å²) in [4.78, 5) is 4.53. The van der Waals surface area contributed by atoms with E-state index in [2.05, 4.69) is 18.0 Å². The van der Waals surface area contributed by atoms with E-state index >= 15 is 0 Å². The van der Waals surface area contributed by atoms with Gasteiger partial charge in [0.25, 0.3) is 0 Å². The van der Waals surface area contributed by atoms with Gasteiger partial charge >= 0.3 is 0 Å². The summed E-state index contributed by atoms with van der Waals surface area (Å²) in [6.07, 6.45) is 10.6. The van der Waals surface area contributed by atoms with Gasteiger partial charge in [-0.3, -0.25) is 4.98 Å². The maximum atomic E-state index is 6.34. The Kier molecular flexibility index (Phi) is 4.55. The predicted molar refractivity (Wildman–Crippen MR) is 72.0 cm³/mol. The van der Waals surface area contributed by atoms with Crippen LogP contribution >= 0.6 is 0 Å². The molecular weight excluding hydrogens is 208 g/mol. The van der Waals surface area contributed by atoms with Crippen LogP contribution in [-0.4, -0.2) is 11.0 Å². The molecule has 1 aromatic heterocycles. The first kappa shape index (κ1) is 12.6. The molecule has 0 fully saturated rings. The molecule has 0 saturated carbocycles. The SMILES string of the molecule is CCCCCCC(N)C1CCc2cccnc21. The quantitative estimate of drug-likeness (QED) is 0.763. The Morgan fingerprint density at radius 1 is 1.41 bits per heavy atom. The summed E-state index contributed by atoms with van der Waals surface area (Å²) in [6, 6.07) is 4.54. The van der Waals surface area contributed by atoms with Crippen LogP contribution in [0.15, 0.2) is 18.3 Å². The molecule has 2 nitrogen and oxygen atoms in total. The minimum absolute atomic E-state index is 0.308. The number of hydrogen-bond donors (Lipinski definition) is 1. The van der Waals surface area contributed by atoms with Gasteiger partial charge in [-0.2, -0.15) is 0 Å². The molecular formula is C15H24N2. The van der Waals surface area contributed by atoms with Crippen molar-refractivity contribution in [2.75, 3.05) is 0 Å². The fraction of sp³-hybridized carbons (Fsp3) is 0.667. The summed E-state index contributed by atoms with van der Waals surface area (Å²) in [5.74, 6) is 0.507. The van der Waals surface area contributed by atoms with Gasteiger partial charge in [0.2, 0.25) is 0 Å². The number of aromatic nitrogens is 1. The lowest BCUT2D eigenvalue weighted by Crippen LogP contribution is -2.27. The van der Waals surface area contributed by atoms with Crippen molar-refractivity contribution in [3.8, 4) is 0 Å². The van der Waals surface area contributed by atoms with Gasteiger partial charge < -0.3 is 5.73 Å². The van der Waals surface area contributed by atoms with E-state index in [-0.39, 0.29) is 0 Å². The molecule has 0 saturated heterocycles. The van der Waals surface area contributed by atoms with Crippen molar-refractivity contribution in [3.05, 3.63) is 29.6 Å². The summed E-state index contributed by atoms with van der Waals surface area (Å²) in [5.41, 5.74) is 9.03. The van der Waals surface area contributed by atoms with Gasteiger partial charge in [0.1, 0.15) is 0 Å². The van der Waals surface area contributed by atoms with Gasteiger partial charge in [-0.1, -0.05) is 38.7 Å². The summed E-state index contributed by atoms with van der Waals surface area (Å²) in [6.45, 7) is 2.25. The Morgan fingerprint density at radius 3 is 3.12 bits per heavy atom. The number of fused-ring (bicyclic) bond motifs is 1. The second-order valence-corrected chi connectivity index (χ2v) is 5.21. The van der Waals surface area contributed by atoms with E-state index in [1.165, 1.54) is 43.4 Å².